The minimum atomic E-state index is -0.433. The summed E-state index contributed by atoms with van der Waals surface area (Å²) in [5.41, 5.74) is 3.20. The standard InChI is InChI=1S/C31H43N3O3/c1-31(2,3)37-30(35)18-20-33(6)19-11-21-36-25-13-8-12-24(22-25)23-34(7)29-17-10-14-26-27(29)15-9-16-28(26)32(4)5/h8-10,12-17,22H,11,18-21,23H2,1-7H3. The van der Waals surface area contributed by atoms with Gasteiger partial charge >= 0.3 is 5.97 Å². The van der Waals surface area contributed by atoms with Crippen molar-refractivity contribution in [2.75, 3.05) is 57.7 Å². The first kappa shape index (κ1) is 28.3. The average Bonchev–Trinajstić information content (AvgIpc) is 2.83. The molecule has 0 amide bonds. The Bertz CT molecular complexity index is 1170. The van der Waals surface area contributed by atoms with Gasteiger partial charge in [0.2, 0.25) is 0 Å². The predicted molar refractivity (Wildman–Crippen MR) is 155 cm³/mol. The van der Waals surface area contributed by atoms with Crippen molar-refractivity contribution < 1.29 is 14.3 Å². The second-order valence-corrected chi connectivity index (χ2v) is 10.9. The number of anilines is 2. The summed E-state index contributed by atoms with van der Waals surface area (Å²) in [4.78, 5) is 18.5. The molecule has 0 aliphatic carbocycles. The van der Waals surface area contributed by atoms with E-state index in [1.165, 1.54) is 27.7 Å². The first-order valence-corrected chi connectivity index (χ1v) is 13.1. The van der Waals surface area contributed by atoms with Crippen molar-refractivity contribution in [2.24, 2.45) is 0 Å². The fraction of sp³-hybridized carbons (Fsp3) is 0.452. The molecular weight excluding hydrogens is 462 g/mol. The smallest absolute Gasteiger partial charge is 0.307 e. The summed E-state index contributed by atoms with van der Waals surface area (Å²) in [6, 6.07) is 21.3. The Labute approximate surface area is 222 Å². The molecule has 0 heterocycles. The summed E-state index contributed by atoms with van der Waals surface area (Å²) in [6.07, 6.45) is 1.29. The predicted octanol–water partition coefficient (Wildman–Crippen LogP) is 5.97. The minimum absolute atomic E-state index is 0.154. The summed E-state index contributed by atoms with van der Waals surface area (Å²) in [7, 11) is 8.32. The highest BCUT2D eigenvalue weighted by Gasteiger charge is 2.16. The molecule has 0 aliphatic heterocycles. The van der Waals surface area contributed by atoms with Crippen LogP contribution in [0.5, 0.6) is 5.75 Å². The van der Waals surface area contributed by atoms with E-state index in [1.54, 1.807) is 0 Å². The Kier molecular flexibility index (Phi) is 9.81. The number of benzene rings is 3. The fourth-order valence-electron chi connectivity index (χ4n) is 4.40. The molecule has 6 heteroatoms. The molecule has 0 saturated carbocycles. The van der Waals surface area contributed by atoms with Crippen LogP contribution >= 0.6 is 0 Å². The van der Waals surface area contributed by atoms with Crippen LogP contribution in [0.4, 0.5) is 11.4 Å². The van der Waals surface area contributed by atoms with Gasteiger partial charge in [-0.2, -0.15) is 0 Å². The average molecular weight is 506 g/mol. The van der Waals surface area contributed by atoms with E-state index in [2.05, 4.69) is 90.4 Å². The maximum atomic E-state index is 11.9. The summed E-state index contributed by atoms with van der Waals surface area (Å²) in [5.74, 6) is 0.731. The summed E-state index contributed by atoms with van der Waals surface area (Å²) in [5, 5.41) is 2.50. The van der Waals surface area contributed by atoms with E-state index in [0.29, 0.717) is 19.6 Å². The summed E-state index contributed by atoms with van der Waals surface area (Å²) < 4.78 is 11.4. The largest absolute Gasteiger partial charge is 0.494 e. The molecule has 0 fully saturated rings. The lowest BCUT2D eigenvalue weighted by atomic mass is 10.1. The van der Waals surface area contributed by atoms with Crippen LogP contribution < -0.4 is 14.5 Å². The van der Waals surface area contributed by atoms with Crippen LogP contribution in [0, 0.1) is 0 Å². The molecule has 0 bridgehead atoms. The molecule has 3 aromatic carbocycles. The first-order valence-electron chi connectivity index (χ1n) is 13.1. The highest BCUT2D eigenvalue weighted by Crippen LogP contribution is 2.33. The molecule has 0 N–H and O–H groups in total. The van der Waals surface area contributed by atoms with Crippen LogP contribution in [0.1, 0.15) is 39.2 Å². The minimum Gasteiger partial charge on any atom is -0.494 e. The molecule has 0 unspecified atom stereocenters. The molecule has 0 spiro atoms. The van der Waals surface area contributed by atoms with E-state index in [0.717, 1.165) is 25.3 Å². The number of hydrogen-bond donors (Lipinski definition) is 0. The van der Waals surface area contributed by atoms with E-state index in [-0.39, 0.29) is 5.97 Å². The van der Waals surface area contributed by atoms with E-state index < -0.39 is 5.60 Å². The molecule has 6 nitrogen and oxygen atoms in total. The molecule has 0 aromatic heterocycles. The zero-order chi connectivity index (χ0) is 27.0. The van der Waals surface area contributed by atoms with Crippen LogP contribution in [0.15, 0.2) is 60.7 Å². The van der Waals surface area contributed by atoms with Gasteiger partial charge in [0.1, 0.15) is 11.4 Å². The third-order valence-electron chi connectivity index (χ3n) is 6.16. The van der Waals surface area contributed by atoms with Gasteiger partial charge in [0.05, 0.1) is 13.0 Å². The van der Waals surface area contributed by atoms with Crippen molar-refractivity contribution >= 4 is 28.1 Å². The van der Waals surface area contributed by atoms with Gasteiger partial charge in [-0.05, 0) is 64.1 Å². The van der Waals surface area contributed by atoms with Crippen molar-refractivity contribution in [3.05, 3.63) is 66.2 Å². The number of carbonyl (C=O) groups is 1. The lowest BCUT2D eigenvalue weighted by molar-refractivity contribution is -0.155. The van der Waals surface area contributed by atoms with Crippen LogP contribution in [-0.4, -0.2) is 64.4 Å². The van der Waals surface area contributed by atoms with Gasteiger partial charge < -0.3 is 24.2 Å². The summed E-state index contributed by atoms with van der Waals surface area (Å²) in [6.45, 7) is 8.64. The van der Waals surface area contributed by atoms with Crippen LogP contribution in [0.3, 0.4) is 0 Å². The molecule has 0 aliphatic rings. The van der Waals surface area contributed by atoms with Crippen LogP contribution in [-0.2, 0) is 16.1 Å². The maximum absolute atomic E-state index is 11.9. The molecular formula is C31H43N3O3. The van der Waals surface area contributed by atoms with Gasteiger partial charge in [-0.1, -0.05) is 36.4 Å². The maximum Gasteiger partial charge on any atom is 0.307 e. The topological polar surface area (TPSA) is 45.2 Å². The molecule has 3 aromatic rings. The second kappa shape index (κ2) is 12.8. The third kappa shape index (κ3) is 8.67. The monoisotopic (exact) mass is 505 g/mol. The fourth-order valence-corrected chi connectivity index (χ4v) is 4.40. The second-order valence-electron chi connectivity index (χ2n) is 10.9. The molecule has 37 heavy (non-hydrogen) atoms. The lowest BCUT2D eigenvalue weighted by Gasteiger charge is -2.23. The molecule has 0 radical (unpaired) electrons. The lowest BCUT2D eigenvalue weighted by Crippen LogP contribution is -2.28. The number of fused-ring (bicyclic) bond motifs is 1. The SMILES string of the molecule is CN(CCCOc1cccc(CN(C)c2cccc3c(N(C)C)cccc23)c1)CCC(=O)OC(C)(C)C. The van der Waals surface area contributed by atoms with Gasteiger partial charge in [0.15, 0.2) is 0 Å². The van der Waals surface area contributed by atoms with E-state index in [4.69, 9.17) is 9.47 Å². The van der Waals surface area contributed by atoms with Crippen molar-refractivity contribution in [3.63, 3.8) is 0 Å². The van der Waals surface area contributed by atoms with Gasteiger partial charge in [0, 0.05) is 62.9 Å². The van der Waals surface area contributed by atoms with Crippen molar-refractivity contribution in [1.82, 2.24) is 4.90 Å². The third-order valence-corrected chi connectivity index (χ3v) is 6.16. The van der Waals surface area contributed by atoms with Crippen molar-refractivity contribution in [3.8, 4) is 5.75 Å². The Morgan fingerprint density at radius 3 is 2.16 bits per heavy atom. The molecule has 3 rings (SSSR count). The Hall–Kier alpha value is -3.25. The highest BCUT2D eigenvalue weighted by molar-refractivity contribution is 6.01. The Balaban J connectivity index is 1.51. The van der Waals surface area contributed by atoms with E-state index in [1.807, 2.05) is 33.9 Å². The Morgan fingerprint density at radius 1 is 0.838 bits per heavy atom. The van der Waals surface area contributed by atoms with Crippen LogP contribution in [0.25, 0.3) is 10.8 Å². The molecule has 0 saturated heterocycles. The zero-order valence-electron chi connectivity index (χ0n) is 23.6. The summed E-state index contributed by atoms with van der Waals surface area (Å²) >= 11 is 0. The number of hydrogen-bond acceptors (Lipinski definition) is 6. The van der Waals surface area contributed by atoms with E-state index in [9.17, 15) is 4.79 Å². The van der Waals surface area contributed by atoms with E-state index >= 15 is 0 Å². The highest BCUT2D eigenvalue weighted by atomic mass is 16.6. The zero-order valence-corrected chi connectivity index (χ0v) is 23.6. The number of nitrogens with zero attached hydrogens (tertiary/aromatic N) is 3. The van der Waals surface area contributed by atoms with Gasteiger partial charge in [0.25, 0.3) is 0 Å². The van der Waals surface area contributed by atoms with Crippen molar-refractivity contribution in [2.45, 2.75) is 45.8 Å². The van der Waals surface area contributed by atoms with Gasteiger partial charge in [-0.25, -0.2) is 0 Å². The quantitative estimate of drug-likeness (QED) is 0.223. The van der Waals surface area contributed by atoms with Gasteiger partial charge in [-0.3, -0.25) is 4.79 Å². The number of esters is 1. The van der Waals surface area contributed by atoms with Crippen molar-refractivity contribution in [1.29, 1.82) is 0 Å². The first-order chi connectivity index (χ1) is 17.5. The van der Waals surface area contributed by atoms with Crippen LogP contribution in [0.2, 0.25) is 0 Å². The van der Waals surface area contributed by atoms with Gasteiger partial charge in [-0.15, -0.1) is 0 Å². The normalized spacial score (nSPS) is 11.6. The Morgan fingerprint density at radius 2 is 1.49 bits per heavy atom. The number of rotatable bonds is 12. The molecule has 0 atom stereocenters. The number of carbonyl (C=O) groups excluding carboxylic acids is 1. The molecule has 200 valence electrons. The number of ether oxygens (including phenoxy) is 2.